The first-order valence-corrected chi connectivity index (χ1v) is 5.14. The Morgan fingerprint density at radius 2 is 1.88 bits per heavy atom. The van der Waals surface area contributed by atoms with E-state index in [-0.39, 0.29) is 5.75 Å². The minimum atomic E-state index is -0.406. The molecule has 3 heteroatoms. The van der Waals surface area contributed by atoms with Gasteiger partial charge in [0.15, 0.2) is 11.6 Å². The highest BCUT2D eigenvalue weighted by atomic mass is 19.1. The van der Waals surface area contributed by atoms with E-state index in [0.717, 1.165) is 5.56 Å². The van der Waals surface area contributed by atoms with Gasteiger partial charge in [0.2, 0.25) is 0 Å². The number of nitriles is 1. The molecule has 0 atom stereocenters. The number of aryl methyl sites for hydroxylation is 1. The Kier molecular flexibility index (Phi) is 3.06. The molecule has 2 aromatic rings. The number of rotatable bonds is 2. The maximum atomic E-state index is 13.4. The summed E-state index contributed by atoms with van der Waals surface area (Å²) in [5, 5.41) is 8.74. The van der Waals surface area contributed by atoms with Crippen molar-refractivity contribution in [3.8, 4) is 17.6 Å². The average Bonchev–Trinajstić information content (AvgIpc) is 2.34. The minimum Gasteiger partial charge on any atom is -0.454 e. The zero-order chi connectivity index (χ0) is 12.3. The summed E-state index contributed by atoms with van der Waals surface area (Å²) in [6.45, 7) is 1.82. The molecule has 0 aliphatic heterocycles. The van der Waals surface area contributed by atoms with Gasteiger partial charge in [-0.15, -0.1) is 0 Å². The van der Waals surface area contributed by atoms with Crippen LogP contribution in [0.1, 0.15) is 11.1 Å². The summed E-state index contributed by atoms with van der Waals surface area (Å²) in [5.74, 6) is 0.325. The molecule has 0 aliphatic rings. The molecule has 0 heterocycles. The second kappa shape index (κ2) is 4.67. The van der Waals surface area contributed by atoms with Crippen molar-refractivity contribution in [3.63, 3.8) is 0 Å². The zero-order valence-corrected chi connectivity index (χ0v) is 9.27. The topological polar surface area (TPSA) is 33.0 Å². The molecule has 0 aromatic heterocycles. The van der Waals surface area contributed by atoms with Crippen molar-refractivity contribution >= 4 is 0 Å². The smallest absolute Gasteiger partial charge is 0.165 e. The van der Waals surface area contributed by atoms with E-state index in [2.05, 4.69) is 0 Å². The van der Waals surface area contributed by atoms with E-state index in [9.17, 15) is 4.39 Å². The minimum absolute atomic E-state index is 0.181. The molecule has 0 amide bonds. The first kappa shape index (κ1) is 11.2. The summed E-state index contributed by atoms with van der Waals surface area (Å²) in [6, 6.07) is 13.3. The predicted octanol–water partition coefficient (Wildman–Crippen LogP) is 3.80. The van der Waals surface area contributed by atoms with Crippen molar-refractivity contribution in [3.05, 3.63) is 59.4 Å². The molecule has 0 aliphatic carbocycles. The fourth-order valence-electron chi connectivity index (χ4n) is 1.48. The third kappa shape index (κ3) is 2.43. The molecule has 17 heavy (non-hydrogen) atoms. The van der Waals surface area contributed by atoms with Crippen LogP contribution in [0.25, 0.3) is 0 Å². The predicted molar refractivity (Wildman–Crippen MR) is 62.4 cm³/mol. The molecular weight excluding hydrogens is 217 g/mol. The average molecular weight is 227 g/mol. The molecular formula is C14H10FNO. The molecule has 0 unspecified atom stereocenters. The van der Waals surface area contributed by atoms with Gasteiger partial charge in [0, 0.05) is 0 Å². The van der Waals surface area contributed by atoms with Crippen molar-refractivity contribution < 1.29 is 9.13 Å². The van der Waals surface area contributed by atoms with E-state index in [0.29, 0.717) is 11.3 Å². The number of ether oxygens (including phenoxy) is 1. The molecule has 0 bridgehead atoms. The van der Waals surface area contributed by atoms with Crippen molar-refractivity contribution in [2.24, 2.45) is 0 Å². The summed E-state index contributed by atoms with van der Waals surface area (Å²) in [5.41, 5.74) is 1.36. The van der Waals surface area contributed by atoms with E-state index < -0.39 is 5.82 Å². The van der Waals surface area contributed by atoms with Gasteiger partial charge in [-0.1, -0.05) is 12.1 Å². The van der Waals surface area contributed by atoms with E-state index in [1.165, 1.54) is 6.07 Å². The summed E-state index contributed by atoms with van der Waals surface area (Å²) in [7, 11) is 0. The first-order valence-electron chi connectivity index (χ1n) is 5.14. The van der Waals surface area contributed by atoms with Crippen LogP contribution in [0.4, 0.5) is 4.39 Å². The summed E-state index contributed by atoms with van der Waals surface area (Å²) in [6.07, 6.45) is 0. The Balaban J connectivity index is 2.32. The van der Waals surface area contributed by atoms with Crippen molar-refractivity contribution in [1.29, 1.82) is 5.26 Å². The Bertz CT molecular complexity index is 587. The molecule has 2 rings (SSSR count). The van der Waals surface area contributed by atoms with Gasteiger partial charge >= 0.3 is 0 Å². The molecule has 84 valence electrons. The highest BCUT2D eigenvalue weighted by Gasteiger charge is 2.06. The monoisotopic (exact) mass is 227 g/mol. The molecule has 0 saturated carbocycles. The lowest BCUT2D eigenvalue weighted by molar-refractivity contribution is 0.439. The molecule has 0 spiro atoms. The molecule has 0 radical (unpaired) electrons. The van der Waals surface area contributed by atoms with Gasteiger partial charge in [-0.25, -0.2) is 4.39 Å². The second-order valence-electron chi connectivity index (χ2n) is 3.62. The van der Waals surface area contributed by atoms with Crippen LogP contribution in [0.5, 0.6) is 11.5 Å². The van der Waals surface area contributed by atoms with Crippen LogP contribution < -0.4 is 4.74 Å². The van der Waals surface area contributed by atoms with Gasteiger partial charge in [-0.05, 0) is 42.8 Å². The van der Waals surface area contributed by atoms with E-state index in [1.807, 2.05) is 13.0 Å². The normalized spacial score (nSPS) is 9.71. The SMILES string of the molecule is Cc1cc(C#N)ccc1Oc1ccccc1F. The number of hydrogen-bond donors (Lipinski definition) is 0. The lowest BCUT2D eigenvalue weighted by atomic mass is 10.1. The zero-order valence-electron chi connectivity index (χ0n) is 9.27. The third-order valence-electron chi connectivity index (χ3n) is 2.36. The fraction of sp³-hybridized carbons (Fsp3) is 0.0714. The van der Waals surface area contributed by atoms with Crippen LogP contribution in [0.2, 0.25) is 0 Å². The molecule has 0 saturated heterocycles. The Labute approximate surface area is 98.9 Å². The maximum absolute atomic E-state index is 13.4. The Hall–Kier alpha value is -2.34. The van der Waals surface area contributed by atoms with Gasteiger partial charge < -0.3 is 4.74 Å². The maximum Gasteiger partial charge on any atom is 0.165 e. The highest BCUT2D eigenvalue weighted by Crippen LogP contribution is 2.27. The van der Waals surface area contributed by atoms with Crippen LogP contribution in [0.3, 0.4) is 0 Å². The molecule has 0 fully saturated rings. The number of hydrogen-bond acceptors (Lipinski definition) is 2. The summed E-state index contributed by atoms with van der Waals surface area (Å²) in [4.78, 5) is 0. The number of benzene rings is 2. The van der Waals surface area contributed by atoms with Crippen LogP contribution in [0, 0.1) is 24.1 Å². The lowest BCUT2D eigenvalue weighted by Crippen LogP contribution is -1.90. The van der Waals surface area contributed by atoms with Gasteiger partial charge in [0.25, 0.3) is 0 Å². The number of para-hydroxylation sites is 1. The van der Waals surface area contributed by atoms with Gasteiger partial charge in [0.05, 0.1) is 11.6 Å². The summed E-state index contributed by atoms with van der Waals surface area (Å²) >= 11 is 0. The second-order valence-corrected chi connectivity index (χ2v) is 3.62. The van der Waals surface area contributed by atoms with E-state index in [1.54, 1.807) is 36.4 Å². The summed E-state index contributed by atoms with van der Waals surface area (Å²) < 4.78 is 18.8. The standard InChI is InChI=1S/C14H10FNO/c1-10-8-11(9-16)6-7-13(10)17-14-5-3-2-4-12(14)15/h2-8H,1H3. The van der Waals surface area contributed by atoms with Gasteiger partial charge in [-0.2, -0.15) is 5.26 Å². The largest absolute Gasteiger partial charge is 0.454 e. The quantitative estimate of drug-likeness (QED) is 0.781. The van der Waals surface area contributed by atoms with Crippen LogP contribution >= 0.6 is 0 Å². The third-order valence-corrected chi connectivity index (χ3v) is 2.36. The molecule has 2 aromatic carbocycles. The van der Waals surface area contributed by atoms with Crippen LogP contribution in [-0.4, -0.2) is 0 Å². The Morgan fingerprint density at radius 1 is 1.12 bits per heavy atom. The molecule has 0 N–H and O–H groups in total. The van der Waals surface area contributed by atoms with Crippen molar-refractivity contribution in [2.75, 3.05) is 0 Å². The van der Waals surface area contributed by atoms with E-state index in [4.69, 9.17) is 10.00 Å². The highest BCUT2D eigenvalue weighted by molar-refractivity contribution is 5.43. The van der Waals surface area contributed by atoms with E-state index >= 15 is 0 Å². The van der Waals surface area contributed by atoms with Gasteiger partial charge in [0.1, 0.15) is 5.75 Å². The number of nitrogens with zero attached hydrogens (tertiary/aromatic N) is 1. The molecule has 2 nitrogen and oxygen atoms in total. The van der Waals surface area contributed by atoms with Crippen molar-refractivity contribution in [2.45, 2.75) is 6.92 Å². The van der Waals surface area contributed by atoms with Gasteiger partial charge in [-0.3, -0.25) is 0 Å². The van der Waals surface area contributed by atoms with Crippen LogP contribution in [-0.2, 0) is 0 Å². The van der Waals surface area contributed by atoms with Crippen LogP contribution in [0.15, 0.2) is 42.5 Å². The number of halogens is 1. The Morgan fingerprint density at radius 3 is 2.53 bits per heavy atom. The first-order chi connectivity index (χ1) is 8.20. The van der Waals surface area contributed by atoms with Crippen molar-refractivity contribution in [1.82, 2.24) is 0 Å². The fourth-order valence-corrected chi connectivity index (χ4v) is 1.48. The lowest BCUT2D eigenvalue weighted by Gasteiger charge is -2.09.